The Labute approximate surface area is 115 Å². The Bertz CT molecular complexity index is 548. The monoisotopic (exact) mass is 279 g/mol. The normalized spacial score (nSPS) is 12.3. The summed E-state index contributed by atoms with van der Waals surface area (Å²) in [5.41, 5.74) is 6.47. The molecule has 0 saturated heterocycles. The third-order valence-corrected chi connectivity index (χ3v) is 3.68. The van der Waals surface area contributed by atoms with Gasteiger partial charge < -0.3 is 11.1 Å². The lowest BCUT2D eigenvalue weighted by atomic mass is 10.2. The molecular formula is C12H17N5OS. The molecule has 0 bridgehead atoms. The number of aromatic nitrogens is 3. The van der Waals surface area contributed by atoms with Gasteiger partial charge in [0.1, 0.15) is 5.01 Å². The van der Waals surface area contributed by atoms with Crippen LogP contribution in [0.2, 0.25) is 0 Å². The fraction of sp³-hybridized carbons (Fsp3) is 0.417. The standard InChI is InChI=1S/C12H17N5OS/c1-3-9(12-14-5-6-19-12)15-11(18)10-8(13)7-17(4-2)16-10/h5-7,9H,3-4,13H2,1-2H3,(H,15,18). The number of nitrogens with two attached hydrogens (primary N) is 1. The minimum atomic E-state index is -0.258. The van der Waals surface area contributed by atoms with Crippen molar-refractivity contribution in [2.45, 2.75) is 32.9 Å². The molecule has 1 atom stereocenters. The molecular weight excluding hydrogens is 262 g/mol. The van der Waals surface area contributed by atoms with Crippen LogP contribution in [0.1, 0.15) is 41.8 Å². The van der Waals surface area contributed by atoms with Gasteiger partial charge in [-0.25, -0.2) is 4.98 Å². The van der Waals surface area contributed by atoms with Gasteiger partial charge in [-0.2, -0.15) is 5.10 Å². The van der Waals surface area contributed by atoms with Gasteiger partial charge in [0.25, 0.3) is 5.91 Å². The summed E-state index contributed by atoms with van der Waals surface area (Å²) >= 11 is 1.52. The summed E-state index contributed by atoms with van der Waals surface area (Å²) < 4.78 is 1.65. The highest BCUT2D eigenvalue weighted by atomic mass is 32.1. The molecule has 0 spiro atoms. The van der Waals surface area contributed by atoms with Gasteiger partial charge in [0.05, 0.1) is 11.7 Å². The van der Waals surface area contributed by atoms with Crippen LogP contribution in [0.5, 0.6) is 0 Å². The zero-order chi connectivity index (χ0) is 13.8. The second-order valence-electron chi connectivity index (χ2n) is 4.09. The van der Waals surface area contributed by atoms with Crippen LogP contribution in [-0.4, -0.2) is 20.7 Å². The summed E-state index contributed by atoms with van der Waals surface area (Å²) in [6.45, 7) is 4.63. The number of aryl methyl sites for hydroxylation is 1. The highest BCUT2D eigenvalue weighted by Crippen LogP contribution is 2.20. The van der Waals surface area contributed by atoms with E-state index in [1.54, 1.807) is 17.1 Å². The van der Waals surface area contributed by atoms with Gasteiger partial charge in [0, 0.05) is 24.3 Å². The minimum absolute atomic E-state index is 0.0984. The van der Waals surface area contributed by atoms with Crippen LogP contribution in [0.3, 0.4) is 0 Å². The third kappa shape index (κ3) is 2.93. The van der Waals surface area contributed by atoms with Crippen LogP contribution >= 0.6 is 11.3 Å². The Balaban J connectivity index is 2.13. The fourth-order valence-corrected chi connectivity index (χ4v) is 2.52. The van der Waals surface area contributed by atoms with Gasteiger partial charge in [-0.3, -0.25) is 9.48 Å². The number of nitrogens with zero attached hydrogens (tertiary/aromatic N) is 3. The molecule has 102 valence electrons. The van der Waals surface area contributed by atoms with Crippen LogP contribution in [0.15, 0.2) is 17.8 Å². The number of carbonyl (C=O) groups excluding carboxylic acids is 1. The number of carbonyl (C=O) groups is 1. The molecule has 2 aromatic rings. The van der Waals surface area contributed by atoms with Crippen molar-refractivity contribution in [1.29, 1.82) is 0 Å². The first-order chi connectivity index (χ1) is 9.15. The average Bonchev–Trinajstić information content (AvgIpc) is 3.04. The summed E-state index contributed by atoms with van der Waals surface area (Å²) in [6.07, 6.45) is 4.17. The second kappa shape index (κ2) is 5.83. The van der Waals surface area contributed by atoms with Gasteiger partial charge in [-0.15, -0.1) is 11.3 Å². The van der Waals surface area contributed by atoms with Gasteiger partial charge in [0.2, 0.25) is 0 Å². The van der Waals surface area contributed by atoms with E-state index in [-0.39, 0.29) is 17.6 Å². The summed E-state index contributed by atoms with van der Waals surface area (Å²) in [5, 5.41) is 9.86. The summed E-state index contributed by atoms with van der Waals surface area (Å²) in [6, 6.07) is -0.0984. The van der Waals surface area contributed by atoms with E-state index >= 15 is 0 Å². The quantitative estimate of drug-likeness (QED) is 0.874. The lowest BCUT2D eigenvalue weighted by Gasteiger charge is -2.13. The number of hydrogen-bond acceptors (Lipinski definition) is 5. The average molecular weight is 279 g/mol. The van der Waals surface area contributed by atoms with Gasteiger partial charge in [0.15, 0.2) is 5.69 Å². The van der Waals surface area contributed by atoms with Crippen molar-refractivity contribution < 1.29 is 4.79 Å². The SMILES string of the molecule is CCC(NC(=O)c1nn(CC)cc1N)c1nccs1. The zero-order valence-electron chi connectivity index (χ0n) is 11.0. The topological polar surface area (TPSA) is 85.8 Å². The Morgan fingerprint density at radius 1 is 1.58 bits per heavy atom. The van der Waals surface area contributed by atoms with Crippen LogP contribution in [-0.2, 0) is 6.54 Å². The van der Waals surface area contributed by atoms with Crippen molar-refractivity contribution in [3.8, 4) is 0 Å². The fourth-order valence-electron chi connectivity index (χ4n) is 1.75. The number of rotatable bonds is 5. The lowest BCUT2D eigenvalue weighted by molar-refractivity contribution is 0.0930. The van der Waals surface area contributed by atoms with E-state index in [0.717, 1.165) is 11.4 Å². The zero-order valence-corrected chi connectivity index (χ0v) is 11.8. The van der Waals surface area contributed by atoms with E-state index in [9.17, 15) is 4.79 Å². The van der Waals surface area contributed by atoms with E-state index in [1.165, 1.54) is 11.3 Å². The number of nitrogen functional groups attached to an aromatic ring is 1. The molecule has 1 unspecified atom stereocenters. The highest BCUT2D eigenvalue weighted by molar-refractivity contribution is 7.09. The molecule has 2 rings (SSSR count). The first-order valence-electron chi connectivity index (χ1n) is 6.18. The molecule has 1 amide bonds. The molecule has 0 aliphatic carbocycles. The van der Waals surface area contributed by atoms with Crippen molar-refractivity contribution in [2.24, 2.45) is 0 Å². The van der Waals surface area contributed by atoms with Crippen LogP contribution in [0.25, 0.3) is 0 Å². The highest BCUT2D eigenvalue weighted by Gasteiger charge is 2.20. The molecule has 3 N–H and O–H groups in total. The summed E-state index contributed by atoms with van der Waals surface area (Å²) in [4.78, 5) is 16.4. The third-order valence-electron chi connectivity index (χ3n) is 2.79. The van der Waals surface area contributed by atoms with Crippen molar-refractivity contribution in [1.82, 2.24) is 20.1 Å². The van der Waals surface area contributed by atoms with Crippen molar-refractivity contribution >= 4 is 22.9 Å². The van der Waals surface area contributed by atoms with Crippen LogP contribution in [0, 0.1) is 0 Å². The first kappa shape index (κ1) is 13.5. The van der Waals surface area contributed by atoms with Gasteiger partial charge >= 0.3 is 0 Å². The second-order valence-corrected chi connectivity index (χ2v) is 5.02. The van der Waals surface area contributed by atoms with E-state index in [2.05, 4.69) is 15.4 Å². The number of thiazole rings is 1. The Kier molecular flexibility index (Phi) is 4.16. The van der Waals surface area contributed by atoms with Gasteiger partial charge in [-0.1, -0.05) is 6.92 Å². The number of nitrogens with one attached hydrogen (secondary N) is 1. The van der Waals surface area contributed by atoms with Crippen molar-refractivity contribution in [2.75, 3.05) is 5.73 Å². The minimum Gasteiger partial charge on any atom is -0.396 e. The number of amides is 1. The largest absolute Gasteiger partial charge is 0.396 e. The smallest absolute Gasteiger partial charge is 0.274 e. The predicted octanol–water partition coefficient (Wildman–Crippen LogP) is 1.82. The molecule has 0 radical (unpaired) electrons. The molecule has 0 aliphatic rings. The van der Waals surface area contributed by atoms with E-state index in [1.807, 2.05) is 19.2 Å². The maximum absolute atomic E-state index is 12.2. The molecule has 0 aliphatic heterocycles. The maximum Gasteiger partial charge on any atom is 0.274 e. The summed E-state index contributed by atoms with van der Waals surface area (Å²) in [7, 11) is 0. The van der Waals surface area contributed by atoms with E-state index < -0.39 is 0 Å². The molecule has 0 saturated carbocycles. The number of hydrogen-bond donors (Lipinski definition) is 2. The van der Waals surface area contributed by atoms with Crippen molar-refractivity contribution in [3.05, 3.63) is 28.5 Å². The maximum atomic E-state index is 12.2. The van der Waals surface area contributed by atoms with Crippen LogP contribution < -0.4 is 11.1 Å². The molecule has 0 fully saturated rings. The Morgan fingerprint density at radius 3 is 2.89 bits per heavy atom. The molecule has 0 aromatic carbocycles. The van der Waals surface area contributed by atoms with Crippen LogP contribution in [0.4, 0.5) is 5.69 Å². The molecule has 19 heavy (non-hydrogen) atoms. The van der Waals surface area contributed by atoms with E-state index in [4.69, 9.17) is 5.73 Å². The predicted molar refractivity (Wildman–Crippen MR) is 74.9 cm³/mol. The lowest BCUT2D eigenvalue weighted by Crippen LogP contribution is -2.29. The molecule has 2 heterocycles. The molecule has 7 heteroatoms. The molecule has 6 nitrogen and oxygen atoms in total. The number of anilines is 1. The van der Waals surface area contributed by atoms with Gasteiger partial charge in [-0.05, 0) is 13.3 Å². The summed E-state index contributed by atoms with van der Waals surface area (Å²) in [5.74, 6) is -0.258. The first-order valence-corrected chi connectivity index (χ1v) is 7.06. The Hall–Kier alpha value is -1.89. The Morgan fingerprint density at radius 2 is 2.37 bits per heavy atom. The molecule has 2 aromatic heterocycles. The van der Waals surface area contributed by atoms with Crippen molar-refractivity contribution in [3.63, 3.8) is 0 Å². The van der Waals surface area contributed by atoms with E-state index in [0.29, 0.717) is 12.2 Å².